The number of amides is 1. The molecule has 1 aromatic carbocycles. The number of hydrogen-bond donors (Lipinski definition) is 0. The summed E-state index contributed by atoms with van der Waals surface area (Å²) in [6.07, 6.45) is 3.64. The third-order valence-corrected chi connectivity index (χ3v) is 3.95. The molecule has 0 aliphatic carbocycles. The lowest BCUT2D eigenvalue weighted by Crippen LogP contribution is -2.33. The third kappa shape index (κ3) is 6.12. The maximum absolute atomic E-state index is 12.6. The summed E-state index contributed by atoms with van der Waals surface area (Å²) in [5.74, 6) is -0.622. The largest absolute Gasteiger partial charge is 0.469 e. The second-order valence-electron chi connectivity index (χ2n) is 5.79. The maximum atomic E-state index is 12.6. The molecule has 0 unspecified atom stereocenters. The molecule has 136 valence electrons. The quantitative estimate of drug-likeness (QED) is 0.511. The fraction of sp³-hybridized carbons (Fsp3) is 0.300. The van der Waals surface area contributed by atoms with Gasteiger partial charge in [0.15, 0.2) is 5.78 Å². The summed E-state index contributed by atoms with van der Waals surface area (Å²) < 4.78 is 4.65. The fourth-order valence-electron chi connectivity index (χ4n) is 2.48. The van der Waals surface area contributed by atoms with Crippen LogP contribution in [0, 0.1) is 0 Å². The number of esters is 1. The minimum absolute atomic E-state index is 0.0734. The smallest absolute Gasteiger partial charge is 0.307 e. The number of Topliss-reactive ketones (excluding diaryl/α,β-unsaturated/α-hetero) is 1. The van der Waals surface area contributed by atoms with Gasteiger partial charge in [0.25, 0.3) is 0 Å². The van der Waals surface area contributed by atoms with E-state index in [1.54, 1.807) is 41.6 Å². The summed E-state index contributed by atoms with van der Waals surface area (Å²) in [7, 11) is 1.32. The van der Waals surface area contributed by atoms with E-state index < -0.39 is 0 Å². The molecule has 0 saturated carbocycles. The first-order chi connectivity index (χ1) is 12.6. The van der Waals surface area contributed by atoms with Gasteiger partial charge in [0.2, 0.25) is 5.91 Å². The summed E-state index contributed by atoms with van der Waals surface area (Å²) in [5, 5.41) is 0. The number of pyridine rings is 1. The van der Waals surface area contributed by atoms with Crippen molar-refractivity contribution in [2.24, 2.45) is 0 Å². The topological polar surface area (TPSA) is 76.6 Å². The van der Waals surface area contributed by atoms with Crippen molar-refractivity contribution in [1.82, 2.24) is 9.88 Å². The van der Waals surface area contributed by atoms with Crippen molar-refractivity contribution in [3.63, 3.8) is 0 Å². The third-order valence-electron chi connectivity index (χ3n) is 3.95. The number of carbonyl (C=O) groups is 3. The van der Waals surface area contributed by atoms with Crippen molar-refractivity contribution < 1.29 is 19.1 Å². The summed E-state index contributed by atoms with van der Waals surface area (Å²) in [4.78, 5) is 41.7. The Morgan fingerprint density at radius 2 is 1.65 bits per heavy atom. The lowest BCUT2D eigenvalue weighted by atomic mass is 10.1. The van der Waals surface area contributed by atoms with Gasteiger partial charge in [-0.05, 0) is 17.7 Å². The fourth-order valence-corrected chi connectivity index (χ4v) is 2.48. The molecular formula is C20H22N2O4. The van der Waals surface area contributed by atoms with Gasteiger partial charge in [0.05, 0.1) is 13.5 Å². The lowest BCUT2D eigenvalue weighted by Gasteiger charge is -2.22. The number of aromatic nitrogens is 1. The molecule has 0 radical (unpaired) electrons. The van der Waals surface area contributed by atoms with E-state index in [1.165, 1.54) is 7.11 Å². The summed E-state index contributed by atoms with van der Waals surface area (Å²) >= 11 is 0. The van der Waals surface area contributed by atoms with Crippen LogP contribution < -0.4 is 0 Å². The van der Waals surface area contributed by atoms with Gasteiger partial charge in [-0.2, -0.15) is 0 Å². The molecule has 1 aromatic heterocycles. The van der Waals surface area contributed by atoms with Crippen LogP contribution in [0.3, 0.4) is 0 Å². The summed E-state index contributed by atoms with van der Waals surface area (Å²) in [5.41, 5.74) is 1.50. The predicted molar refractivity (Wildman–Crippen MR) is 96.3 cm³/mol. The van der Waals surface area contributed by atoms with Gasteiger partial charge in [-0.15, -0.1) is 0 Å². The van der Waals surface area contributed by atoms with Crippen molar-refractivity contribution in [2.45, 2.75) is 25.8 Å². The maximum Gasteiger partial charge on any atom is 0.307 e. The molecule has 6 nitrogen and oxygen atoms in total. The number of benzene rings is 1. The average Bonchev–Trinajstić information content (AvgIpc) is 2.70. The zero-order valence-corrected chi connectivity index (χ0v) is 14.8. The molecule has 0 aliphatic heterocycles. The molecule has 0 N–H and O–H groups in total. The van der Waals surface area contributed by atoms with Gasteiger partial charge < -0.3 is 9.64 Å². The van der Waals surface area contributed by atoms with Crippen molar-refractivity contribution >= 4 is 17.7 Å². The van der Waals surface area contributed by atoms with Crippen LogP contribution >= 0.6 is 0 Å². The monoisotopic (exact) mass is 354 g/mol. The minimum Gasteiger partial charge on any atom is -0.469 e. The molecule has 0 bridgehead atoms. The molecule has 0 saturated heterocycles. The van der Waals surface area contributed by atoms with E-state index in [4.69, 9.17) is 0 Å². The summed E-state index contributed by atoms with van der Waals surface area (Å²) in [6, 6.07) is 12.5. The number of ketones is 1. The average molecular weight is 354 g/mol. The Morgan fingerprint density at radius 3 is 2.31 bits per heavy atom. The van der Waals surface area contributed by atoms with Crippen LogP contribution in [0.5, 0.6) is 0 Å². The van der Waals surface area contributed by atoms with Gasteiger partial charge in [0.1, 0.15) is 0 Å². The van der Waals surface area contributed by atoms with E-state index in [9.17, 15) is 14.4 Å². The van der Waals surface area contributed by atoms with Crippen LogP contribution in [0.1, 0.15) is 35.2 Å². The number of ether oxygens (including phenoxy) is 1. The van der Waals surface area contributed by atoms with Crippen LogP contribution in [0.25, 0.3) is 0 Å². The van der Waals surface area contributed by atoms with Crippen LogP contribution in [-0.2, 0) is 20.9 Å². The van der Waals surface area contributed by atoms with E-state index >= 15 is 0 Å². The SMILES string of the molecule is COC(=O)CCN(Cc1ccncc1)C(=O)CCC(=O)c1ccccc1. The van der Waals surface area contributed by atoms with Gasteiger partial charge in [-0.3, -0.25) is 19.4 Å². The highest BCUT2D eigenvalue weighted by Crippen LogP contribution is 2.10. The van der Waals surface area contributed by atoms with E-state index in [-0.39, 0.29) is 43.5 Å². The lowest BCUT2D eigenvalue weighted by molar-refractivity contribution is -0.142. The first-order valence-corrected chi connectivity index (χ1v) is 8.42. The zero-order chi connectivity index (χ0) is 18.8. The molecule has 6 heteroatoms. The number of hydrogen-bond acceptors (Lipinski definition) is 5. The highest BCUT2D eigenvalue weighted by atomic mass is 16.5. The molecule has 1 heterocycles. The Bertz CT molecular complexity index is 732. The Morgan fingerprint density at radius 1 is 0.962 bits per heavy atom. The zero-order valence-electron chi connectivity index (χ0n) is 14.8. The van der Waals surface area contributed by atoms with Gasteiger partial charge in [-0.1, -0.05) is 30.3 Å². The second kappa shape index (κ2) is 10.1. The first-order valence-electron chi connectivity index (χ1n) is 8.42. The molecule has 0 fully saturated rings. The van der Waals surface area contributed by atoms with Crippen molar-refractivity contribution in [2.75, 3.05) is 13.7 Å². The molecular weight excluding hydrogens is 332 g/mol. The molecule has 2 rings (SSSR count). The molecule has 0 aliphatic rings. The predicted octanol–water partition coefficient (Wildman–Crippen LogP) is 2.64. The van der Waals surface area contributed by atoms with E-state index in [0.29, 0.717) is 12.1 Å². The van der Waals surface area contributed by atoms with Crippen LogP contribution in [0.4, 0.5) is 0 Å². The number of rotatable bonds is 9. The van der Waals surface area contributed by atoms with Gasteiger partial charge >= 0.3 is 5.97 Å². The highest BCUT2D eigenvalue weighted by Gasteiger charge is 2.17. The van der Waals surface area contributed by atoms with Crippen LogP contribution in [0.15, 0.2) is 54.9 Å². The molecule has 26 heavy (non-hydrogen) atoms. The molecule has 2 aromatic rings. The number of carbonyl (C=O) groups excluding carboxylic acids is 3. The number of nitrogens with zero attached hydrogens (tertiary/aromatic N) is 2. The molecule has 0 atom stereocenters. The Kier molecular flexibility index (Phi) is 7.49. The Labute approximate surface area is 152 Å². The van der Waals surface area contributed by atoms with Crippen LogP contribution in [-0.4, -0.2) is 41.2 Å². The van der Waals surface area contributed by atoms with E-state index in [2.05, 4.69) is 9.72 Å². The normalized spacial score (nSPS) is 10.2. The van der Waals surface area contributed by atoms with E-state index in [0.717, 1.165) is 5.56 Å². The Balaban J connectivity index is 1.97. The van der Waals surface area contributed by atoms with Crippen LogP contribution in [0.2, 0.25) is 0 Å². The molecule has 0 spiro atoms. The first kappa shape index (κ1) is 19.3. The minimum atomic E-state index is -0.377. The summed E-state index contributed by atoms with van der Waals surface area (Å²) in [6.45, 7) is 0.602. The van der Waals surface area contributed by atoms with Crippen molar-refractivity contribution in [3.05, 3.63) is 66.0 Å². The standard InChI is InChI=1S/C20H22N2O4/c1-26-20(25)11-14-22(15-16-9-12-21-13-10-16)19(24)8-7-18(23)17-5-3-2-4-6-17/h2-6,9-10,12-13H,7-8,11,14-15H2,1H3. The van der Waals surface area contributed by atoms with Gasteiger partial charge in [0, 0.05) is 43.9 Å². The van der Waals surface area contributed by atoms with E-state index in [1.807, 2.05) is 18.2 Å². The molecule has 1 amide bonds. The number of methoxy groups -OCH3 is 1. The van der Waals surface area contributed by atoms with Crippen molar-refractivity contribution in [3.8, 4) is 0 Å². The van der Waals surface area contributed by atoms with Crippen molar-refractivity contribution in [1.29, 1.82) is 0 Å². The van der Waals surface area contributed by atoms with Gasteiger partial charge in [-0.25, -0.2) is 0 Å². The second-order valence-corrected chi connectivity index (χ2v) is 5.79. The highest BCUT2D eigenvalue weighted by molar-refractivity contribution is 5.97. The Hall–Kier alpha value is -3.02.